The van der Waals surface area contributed by atoms with Crippen LogP contribution in [0.4, 0.5) is 10.8 Å². The average Bonchev–Trinajstić information content (AvgIpc) is 3.16. The van der Waals surface area contributed by atoms with Crippen LogP contribution in [0.1, 0.15) is 10.4 Å². The van der Waals surface area contributed by atoms with Crippen molar-refractivity contribution in [1.82, 2.24) is 4.98 Å². The first kappa shape index (κ1) is 20.1. The number of hydrogen-bond acceptors (Lipinski definition) is 6. The van der Waals surface area contributed by atoms with Gasteiger partial charge in [-0.3, -0.25) is 5.41 Å². The lowest BCUT2D eigenvalue weighted by Crippen LogP contribution is -2.08. The number of nitrogens with zero attached hydrogens (tertiary/aromatic N) is 1. The fourth-order valence-electron chi connectivity index (χ4n) is 2.17. The number of thioether (sulfide) groups is 1. The maximum atomic E-state index is 7.62. The Morgan fingerprint density at radius 2 is 2.12 bits per heavy atom. The fraction of sp³-hybridized carbons (Fsp3) is 0.125. The van der Waals surface area contributed by atoms with Gasteiger partial charge in [0.15, 0.2) is 5.13 Å². The van der Waals surface area contributed by atoms with Gasteiger partial charge >= 0.3 is 0 Å². The number of aryl methyl sites for hydroxylation is 1. The summed E-state index contributed by atoms with van der Waals surface area (Å²) < 4.78 is 1.11. The summed E-state index contributed by atoms with van der Waals surface area (Å²) in [7, 11) is 0. The van der Waals surface area contributed by atoms with Crippen LogP contribution in [0, 0.1) is 12.3 Å². The highest BCUT2D eigenvalue weighted by molar-refractivity contribution is 8.00. The quantitative estimate of drug-likeness (QED) is 0.263. The van der Waals surface area contributed by atoms with Crippen LogP contribution in [0.25, 0.3) is 11.3 Å². The number of nitrogens with two attached hydrogens (primary N) is 1. The molecule has 2 aromatic heterocycles. The van der Waals surface area contributed by atoms with Gasteiger partial charge in [0.05, 0.1) is 14.8 Å². The summed E-state index contributed by atoms with van der Waals surface area (Å²) in [6, 6.07) is 7.66. The third-order valence-electron chi connectivity index (χ3n) is 3.36. The van der Waals surface area contributed by atoms with Gasteiger partial charge in [-0.25, -0.2) is 4.98 Å². The first-order chi connectivity index (χ1) is 11.5. The van der Waals surface area contributed by atoms with E-state index in [1.54, 1.807) is 23.1 Å². The van der Waals surface area contributed by atoms with Gasteiger partial charge in [0.2, 0.25) is 0 Å². The zero-order valence-electron chi connectivity index (χ0n) is 13.4. The van der Waals surface area contributed by atoms with Crippen molar-refractivity contribution in [2.75, 3.05) is 11.6 Å². The van der Waals surface area contributed by atoms with Crippen molar-refractivity contribution < 1.29 is 0 Å². The Labute approximate surface area is 169 Å². The number of aromatic nitrogens is 1. The first-order valence-corrected chi connectivity index (χ1v) is 10.3. The Morgan fingerprint density at radius 3 is 2.76 bits per heavy atom. The van der Waals surface area contributed by atoms with E-state index in [1.165, 1.54) is 11.3 Å². The molecule has 0 amide bonds. The summed E-state index contributed by atoms with van der Waals surface area (Å²) in [5.74, 6) is 0.0897. The van der Waals surface area contributed by atoms with Crippen molar-refractivity contribution in [1.29, 1.82) is 5.41 Å². The molecule has 0 aliphatic heterocycles. The summed E-state index contributed by atoms with van der Waals surface area (Å²) in [4.78, 5) is 5.45. The maximum Gasteiger partial charge on any atom is 0.187 e. The van der Waals surface area contributed by atoms with Crippen molar-refractivity contribution in [3.05, 3.63) is 45.1 Å². The molecule has 0 saturated heterocycles. The van der Waals surface area contributed by atoms with E-state index >= 15 is 0 Å². The molecule has 0 atom stereocenters. The summed E-state index contributed by atoms with van der Waals surface area (Å²) in [5, 5.41) is 14.5. The van der Waals surface area contributed by atoms with Crippen LogP contribution in [-0.2, 0) is 0 Å². The highest BCUT2D eigenvalue weighted by Crippen LogP contribution is 2.39. The lowest BCUT2D eigenvalue weighted by Gasteiger charge is -2.06. The zero-order valence-corrected chi connectivity index (χ0v) is 17.4. The number of anilines is 2. The molecule has 0 radical (unpaired) electrons. The van der Waals surface area contributed by atoms with Gasteiger partial charge in [0, 0.05) is 21.7 Å². The molecular formula is C16H16Cl2N4S3. The number of nitrogen functional groups attached to an aromatic ring is 1. The SMILES string of the molecule is CSc1sc(C(=N)N)cc1-c1csc(Nc2ccc(Cl)cc2C)n1.Cl. The predicted molar refractivity (Wildman–Crippen MR) is 115 cm³/mol. The molecule has 0 bridgehead atoms. The van der Waals surface area contributed by atoms with Crippen LogP contribution in [-0.4, -0.2) is 17.1 Å². The van der Waals surface area contributed by atoms with Crippen molar-refractivity contribution >= 4 is 75.1 Å². The van der Waals surface area contributed by atoms with Crippen LogP contribution in [0.5, 0.6) is 0 Å². The molecule has 1 aromatic carbocycles. The smallest absolute Gasteiger partial charge is 0.187 e. The van der Waals surface area contributed by atoms with Crippen LogP contribution >= 0.6 is 58.4 Å². The van der Waals surface area contributed by atoms with Crippen LogP contribution in [0.3, 0.4) is 0 Å². The van der Waals surface area contributed by atoms with Gasteiger partial charge in [-0.1, -0.05) is 11.6 Å². The van der Waals surface area contributed by atoms with Crippen molar-refractivity contribution in [3.63, 3.8) is 0 Å². The highest BCUT2D eigenvalue weighted by Gasteiger charge is 2.15. The van der Waals surface area contributed by atoms with E-state index < -0.39 is 0 Å². The summed E-state index contributed by atoms with van der Waals surface area (Å²) in [5.41, 5.74) is 9.58. The van der Waals surface area contributed by atoms with Gasteiger partial charge in [-0.15, -0.1) is 46.8 Å². The zero-order chi connectivity index (χ0) is 17.3. The second kappa shape index (κ2) is 8.42. The normalized spacial score (nSPS) is 10.4. The van der Waals surface area contributed by atoms with Gasteiger partial charge in [-0.05, 0) is 43.0 Å². The van der Waals surface area contributed by atoms with Crippen LogP contribution in [0.15, 0.2) is 33.9 Å². The van der Waals surface area contributed by atoms with E-state index in [1.807, 2.05) is 42.8 Å². The van der Waals surface area contributed by atoms with E-state index in [9.17, 15) is 0 Å². The summed E-state index contributed by atoms with van der Waals surface area (Å²) in [6.45, 7) is 2.01. The van der Waals surface area contributed by atoms with E-state index in [-0.39, 0.29) is 18.2 Å². The molecule has 0 aliphatic rings. The summed E-state index contributed by atoms with van der Waals surface area (Å²) in [6.07, 6.45) is 2.02. The van der Waals surface area contributed by atoms with Crippen LogP contribution in [0.2, 0.25) is 5.02 Å². The van der Waals surface area contributed by atoms with Crippen molar-refractivity contribution in [2.45, 2.75) is 11.1 Å². The number of amidine groups is 1. The highest BCUT2D eigenvalue weighted by atomic mass is 35.5. The third-order valence-corrected chi connectivity index (χ3v) is 6.66. The largest absolute Gasteiger partial charge is 0.383 e. The Morgan fingerprint density at radius 1 is 1.36 bits per heavy atom. The number of thiophene rings is 1. The number of benzene rings is 1. The molecule has 2 heterocycles. The van der Waals surface area contributed by atoms with Gasteiger partial charge in [0.1, 0.15) is 5.84 Å². The monoisotopic (exact) mass is 430 g/mol. The number of halogens is 2. The third kappa shape index (κ3) is 4.48. The van der Waals surface area contributed by atoms with Gasteiger partial charge in [-0.2, -0.15) is 0 Å². The minimum Gasteiger partial charge on any atom is -0.383 e. The Bertz CT molecular complexity index is 905. The van der Waals surface area contributed by atoms with Crippen molar-refractivity contribution in [2.24, 2.45) is 5.73 Å². The second-order valence-corrected chi connectivity index (χ2v) is 8.47. The number of thiazole rings is 1. The standard InChI is InChI=1S/C16H15ClN4S3.ClH/c1-8-5-9(17)3-4-11(8)20-16-21-12(7-23-16)10-6-13(14(18)19)24-15(10)22-2;/h3-7H,1-2H3,(H3,18,19)(H,20,21);1H. The fourth-order valence-corrected chi connectivity index (χ4v) is 4.87. The first-order valence-electron chi connectivity index (χ1n) is 6.99. The van der Waals surface area contributed by atoms with E-state index in [2.05, 4.69) is 10.3 Å². The molecule has 0 fully saturated rings. The Kier molecular flexibility index (Phi) is 6.76. The molecule has 132 valence electrons. The molecule has 3 rings (SSSR count). The lowest BCUT2D eigenvalue weighted by atomic mass is 10.2. The van der Waals surface area contributed by atoms with Crippen LogP contribution < -0.4 is 11.1 Å². The molecule has 25 heavy (non-hydrogen) atoms. The average molecular weight is 431 g/mol. The molecule has 0 spiro atoms. The molecular weight excluding hydrogens is 415 g/mol. The molecule has 0 saturated carbocycles. The van der Waals surface area contributed by atoms with Gasteiger partial charge < -0.3 is 11.1 Å². The van der Waals surface area contributed by atoms with E-state index in [4.69, 9.17) is 22.7 Å². The van der Waals surface area contributed by atoms with Crippen molar-refractivity contribution in [3.8, 4) is 11.3 Å². The molecule has 4 N–H and O–H groups in total. The number of hydrogen-bond donors (Lipinski definition) is 3. The maximum absolute atomic E-state index is 7.62. The topological polar surface area (TPSA) is 74.8 Å². The Hall–Kier alpha value is -1.25. The minimum atomic E-state index is 0. The van der Waals surface area contributed by atoms with Gasteiger partial charge in [0.25, 0.3) is 0 Å². The number of rotatable bonds is 5. The minimum absolute atomic E-state index is 0. The molecule has 0 unspecified atom stereocenters. The van der Waals surface area contributed by atoms with E-state index in [0.29, 0.717) is 0 Å². The summed E-state index contributed by atoms with van der Waals surface area (Å²) >= 11 is 10.7. The molecule has 3 aromatic rings. The number of nitrogens with one attached hydrogen (secondary N) is 2. The molecule has 9 heteroatoms. The molecule has 0 aliphatic carbocycles. The predicted octanol–water partition coefficient (Wildman–Crippen LogP) is 6.00. The molecule has 4 nitrogen and oxygen atoms in total. The second-order valence-electron chi connectivity index (χ2n) is 5.05. The lowest BCUT2D eigenvalue weighted by molar-refractivity contribution is 1.35. The Balaban J connectivity index is 0.00000225. The van der Waals surface area contributed by atoms with E-state index in [0.717, 1.165) is 41.7 Å².